The van der Waals surface area contributed by atoms with E-state index in [0.717, 1.165) is 36.4 Å². The lowest BCUT2D eigenvalue weighted by molar-refractivity contribution is 0.250. The first-order chi connectivity index (χ1) is 13.3. The van der Waals surface area contributed by atoms with Crippen LogP contribution in [-0.2, 0) is 14.3 Å². The van der Waals surface area contributed by atoms with Crippen molar-refractivity contribution in [2.24, 2.45) is 4.99 Å². The third-order valence-electron chi connectivity index (χ3n) is 3.67. The van der Waals surface area contributed by atoms with E-state index in [4.69, 9.17) is 4.18 Å². The molecule has 148 valence electrons. The molecular formula is C17H15F3N4O3S. The van der Waals surface area contributed by atoms with Crippen LogP contribution >= 0.6 is 0 Å². The summed E-state index contributed by atoms with van der Waals surface area (Å²) in [4.78, 5) is 3.72. The number of halogens is 3. The SMILES string of the molecule is O=S(=O)(OCNC1(Nc2ccc(F)c(F)c2)C=NC=CN1)c1ccc(F)cc1. The molecule has 0 spiro atoms. The molecule has 3 rings (SSSR count). The zero-order valence-corrected chi connectivity index (χ0v) is 15.0. The van der Waals surface area contributed by atoms with Gasteiger partial charge in [-0.3, -0.25) is 9.18 Å². The van der Waals surface area contributed by atoms with Crippen LogP contribution in [0, 0.1) is 17.5 Å². The van der Waals surface area contributed by atoms with E-state index in [1.807, 2.05) is 0 Å². The second-order valence-electron chi connectivity index (χ2n) is 5.65. The molecule has 1 heterocycles. The Morgan fingerprint density at radius 2 is 1.82 bits per heavy atom. The van der Waals surface area contributed by atoms with Gasteiger partial charge in [0.05, 0.1) is 11.1 Å². The quantitative estimate of drug-likeness (QED) is 0.477. The molecule has 7 nitrogen and oxygen atoms in total. The van der Waals surface area contributed by atoms with Crippen LogP contribution in [0.25, 0.3) is 0 Å². The van der Waals surface area contributed by atoms with Crippen molar-refractivity contribution in [1.29, 1.82) is 0 Å². The Labute approximate surface area is 159 Å². The first-order valence-electron chi connectivity index (χ1n) is 7.90. The van der Waals surface area contributed by atoms with Crippen molar-refractivity contribution >= 4 is 22.0 Å². The van der Waals surface area contributed by atoms with Gasteiger partial charge in [-0.1, -0.05) is 0 Å². The number of anilines is 1. The van der Waals surface area contributed by atoms with Crippen LogP contribution in [0.4, 0.5) is 18.9 Å². The highest BCUT2D eigenvalue weighted by Crippen LogP contribution is 2.17. The van der Waals surface area contributed by atoms with Crippen LogP contribution in [-0.4, -0.2) is 27.2 Å². The molecule has 2 aromatic rings. The summed E-state index contributed by atoms with van der Waals surface area (Å²) in [6.07, 6.45) is 4.24. The molecule has 2 aromatic carbocycles. The van der Waals surface area contributed by atoms with E-state index < -0.39 is 40.1 Å². The molecule has 1 unspecified atom stereocenters. The van der Waals surface area contributed by atoms with Crippen molar-refractivity contribution in [3.63, 3.8) is 0 Å². The zero-order valence-electron chi connectivity index (χ0n) is 14.2. The molecule has 0 aliphatic carbocycles. The van der Waals surface area contributed by atoms with E-state index in [1.165, 1.54) is 24.7 Å². The van der Waals surface area contributed by atoms with Crippen LogP contribution in [0.1, 0.15) is 0 Å². The van der Waals surface area contributed by atoms with E-state index in [1.54, 1.807) is 0 Å². The van der Waals surface area contributed by atoms with Crippen molar-refractivity contribution in [2.75, 3.05) is 12.0 Å². The van der Waals surface area contributed by atoms with Gasteiger partial charge in [-0.2, -0.15) is 8.42 Å². The molecule has 0 aromatic heterocycles. The molecule has 28 heavy (non-hydrogen) atoms. The summed E-state index contributed by atoms with van der Waals surface area (Å²) in [5, 5.41) is 8.44. The van der Waals surface area contributed by atoms with E-state index >= 15 is 0 Å². The molecule has 0 radical (unpaired) electrons. The van der Waals surface area contributed by atoms with E-state index in [2.05, 4.69) is 20.9 Å². The summed E-state index contributed by atoms with van der Waals surface area (Å²) in [5.74, 6) is -3.98. The second-order valence-corrected chi connectivity index (χ2v) is 7.26. The molecule has 0 amide bonds. The average Bonchev–Trinajstić information content (AvgIpc) is 2.66. The molecule has 11 heteroatoms. The van der Waals surface area contributed by atoms with Gasteiger partial charge in [0.15, 0.2) is 11.6 Å². The maximum Gasteiger partial charge on any atom is 0.298 e. The number of hydrogen-bond acceptors (Lipinski definition) is 7. The fraction of sp³-hybridized carbons (Fsp3) is 0.118. The third kappa shape index (κ3) is 4.68. The summed E-state index contributed by atoms with van der Waals surface area (Å²) in [6, 6.07) is 7.31. The topological polar surface area (TPSA) is 91.8 Å². The fourth-order valence-electron chi connectivity index (χ4n) is 2.30. The largest absolute Gasteiger partial charge is 0.351 e. The lowest BCUT2D eigenvalue weighted by atomic mass is 10.2. The number of nitrogens with one attached hydrogen (secondary N) is 3. The maximum atomic E-state index is 13.4. The summed E-state index contributed by atoms with van der Waals surface area (Å²) in [5.41, 5.74) is 0.196. The predicted molar refractivity (Wildman–Crippen MR) is 96.2 cm³/mol. The molecule has 1 aliphatic rings. The molecule has 3 N–H and O–H groups in total. The minimum atomic E-state index is -4.15. The van der Waals surface area contributed by atoms with Crippen LogP contribution in [0.3, 0.4) is 0 Å². The van der Waals surface area contributed by atoms with Crippen molar-refractivity contribution in [3.05, 3.63) is 72.3 Å². The third-order valence-corrected chi connectivity index (χ3v) is 4.95. The second kappa shape index (κ2) is 8.00. The monoisotopic (exact) mass is 412 g/mol. The number of hydrogen-bond donors (Lipinski definition) is 3. The van der Waals surface area contributed by atoms with E-state index in [-0.39, 0.29) is 10.6 Å². The number of aliphatic imine (C=N–C) groups is 1. The van der Waals surface area contributed by atoms with Gasteiger partial charge in [0.2, 0.25) is 5.79 Å². The highest BCUT2D eigenvalue weighted by Gasteiger charge is 2.29. The van der Waals surface area contributed by atoms with Crippen molar-refractivity contribution in [2.45, 2.75) is 10.7 Å². The van der Waals surface area contributed by atoms with Gasteiger partial charge in [-0.25, -0.2) is 18.5 Å². The van der Waals surface area contributed by atoms with Crippen molar-refractivity contribution < 1.29 is 25.8 Å². The van der Waals surface area contributed by atoms with Crippen molar-refractivity contribution in [1.82, 2.24) is 10.6 Å². The van der Waals surface area contributed by atoms with Gasteiger partial charge >= 0.3 is 0 Å². The van der Waals surface area contributed by atoms with Crippen LogP contribution in [0.2, 0.25) is 0 Å². The Kier molecular flexibility index (Phi) is 5.68. The molecule has 0 fully saturated rings. The Hall–Kier alpha value is -2.89. The zero-order chi connectivity index (χ0) is 20.2. The summed E-state index contributed by atoms with van der Waals surface area (Å²) in [7, 11) is -4.15. The molecule has 0 saturated heterocycles. The summed E-state index contributed by atoms with van der Waals surface area (Å²) < 4.78 is 68.7. The predicted octanol–water partition coefficient (Wildman–Crippen LogP) is 2.27. The van der Waals surface area contributed by atoms with Crippen molar-refractivity contribution in [3.8, 4) is 0 Å². The van der Waals surface area contributed by atoms with Crippen LogP contribution in [0.15, 0.2) is 64.8 Å². The van der Waals surface area contributed by atoms with Gasteiger partial charge in [0.25, 0.3) is 10.1 Å². The molecule has 0 bridgehead atoms. The van der Waals surface area contributed by atoms with Gasteiger partial charge in [0, 0.05) is 24.2 Å². The highest BCUT2D eigenvalue weighted by molar-refractivity contribution is 7.86. The van der Waals surface area contributed by atoms with Crippen LogP contribution in [0.5, 0.6) is 0 Å². The van der Waals surface area contributed by atoms with Gasteiger partial charge < -0.3 is 10.6 Å². The number of rotatable bonds is 7. The minimum Gasteiger partial charge on any atom is -0.351 e. The average molecular weight is 412 g/mol. The Balaban J connectivity index is 1.71. The van der Waals surface area contributed by atoms with Gasteiger partial charge in [0.1, 0.15) is 12.5 Å². The molecular weight excluding hydrogens is 397 g/mol. The van der Waals surface area contributed by atoms with Crippen LogP contribution < -0.4 is 16.0 Å². The Bertz CT molecular complexity index is 1010. The molecule has 0 saturated carbocycles. The van der Waals surface area contributed by atoms with E-state index in [0.29, 0.717) is 0 Å². The van der Waals surface area contributed by atoms with Gasteiger partial charge in [-0.15, -0.1) is 0 Å². The minimum absolute atomic E-state index is 0.196. The van der Waals surface area contributed by atoms with Gasteiger partial charge in [-0.05, 0) is 36.4 Å². The number of nitrogens with zero attached hydrogens (tertiary/aromatic N) is 1. The lowest BCUT2D eigenvalue weighted by Crippen LogP contribution is -2.63. The van der Waals surface area contributed by atoms with E-state index in [9.17, 15) is 21.6 Å². The molecule has 1 atom stereocenters. The highest BCUT2D eigenvalue weighted by atomic mass is 32.2. The first kappa shape index (κ1) is 19.9. The smallest absolute Gasteiger partial charge is 0.298 e. The summed E-state index contributed by atoms with van der Waals surface area (Å²) >= 11 is 0. The Morgan fingerprint density at radius 3 is 2.46 bits per heavy atom. The lowest BCUT2D eigenvalue weighted by Gasteiger charge is -2.34. The maximum absolute atomic E-state index is 13.4. The first-order valence-corrected chi connectivity index (χ1v) is 9.31. The Morgan fingerprint density at radius 1 is 1.07 bits per heavy atom. The normalized spacial score (nSPS) is 18.7. The summed E-state index contributed by atoms with van der Waals surface area (Å²) in [6.45, 7) is -0.511. The standard InChI is InChI=1S/C17H15F3N4O3S/c18-12-1-4-14(5-2-12)28(25,26)27-11-23-17(10-21-7-8-22-17)24-13-3-6-15(19)16(20)9-13/h1-10,22-24H,11H2. The molecule has 1 aliphatic heterocycles. The fourth-order valence-corrected chi connectivity index (χ4v) is 3.12. The number of benzene rings is 2.